The SMILES string of the molecule is NC1(c2cc(C(=O)O)c(F)cc2F)CCCC1. The first kappa shape index (κ1) is 12.0. The van der Waals surface area contributed by atoms with Crippen molar-refractivity contribution < 1.29 is 18.7 Å². The summed E-state index contributed by atoms with van der Waals surface area (Å²) in [6.07, 6.45) is 2.93. The first-order valence-corrected chi connectivity index (χ1v) is 5.46. The van der Waals surface area contributed by atoms with Gasteiger partial charge in [0, 0.05) is 17.2 Å². The van der Waals surface area contributed by atoms with Gasteiger partial charge >= 0.3 is 5.97 Å². The standard InChI is InChI=1S/C12H13F2NO2/c13-9-6-10(14)8(5-7(9)11(16)17)12(15)3-1-2-4-12/h5-6H,1-4,15H2,(H,16,17). The van der Waals surface area contributed by atoms with Gasteiger partial charge in [-0.25, -0.2) is 13.6 Å². The molecule has 5 heteroatoms. The van der Waals surface area contributed by atoms with Crippen molar-refractivity contribution in [3.05, 3.63) is 34.9 Å². The minimum Gasteiger partial charge on any atom is -0.478 e. The molecule has 17 heavy (non-hydrogen) atoms. The number of halogens is 2. The molecule has 0 aliphatic heterocycles. The number of hydrogen-bond acceptors (Lipinski definition) is 2. The summed E-state index contributed by atoms with van der Waals surface area (Å²) in [5.74, 6) is -3.25. The number of rotatable bonds is 2. The second kappa shape index (κ2) is 4.07. The number of hydrogen-bond donors (Lipinski definition) is 2. The first-order chi connectivity index (χ1) is 7.94. The highest BCUT2D eigenvalue weighted by Crippen LogP contribution is 2.38. The van der Waals surface area contributed by atoms with E-state index in [0.717, 1.165) is 18.9 Å². The normalized spacial score (nSPS) is 18.3. The van der Waals surface area contributed by atoms with Crippen LogP contribution in [0.1, 0.15) is 41.6 Å². The van der Waals surface area contributed by atoms with Crippen molar-refractivity contribution in [2.24, 2.45) is 5.73 Å². The summed E-state index contributed by atoms with van der Waals surface area (Å²) in [4.78, 5) is 10.8. The van der Waals surface area contributed by atoms with E-state index in [2.05, 4.69) is 0 Å². The van der Waals surface area contributed by atoms with E-state index in [1.807, 2.05) is 0 Å². The van der Waals surface area contributed by atoms with Crippen molar-refractivity contribution in [1.29, 1.82) is 0 Å². The van der Waals surface area contributed by atoms with Gasteiger partial charge in [-0.15, -0.1) is 0 Å². The molecule has 0 spiro atoms. The van der Waals surface area contributed by atoms with Crippen LogP contribution in [0.15, 0.2) is 12.1 Å². The molecule has 1 aliphatic carbocycles. The largest absolute Gasteiger partial charge is 0.478 e. The molecule has 0 bridgehead atoms. The van der Waals surface area contributed by atoms with Gasteiger partial charge < -0.3 is 10.8 Å². The number of carbonyl (C=O) groups is 1. The molecule has 2 rings (SSSR count). The number of aromatic carboxylic acids is 1. The van der Waals surface area contributed by atoms with E-state index in [1.165, 1.54) is 0 Å². The number of benzene rings is 1. The van der Waals surface area contributed by atoms with Crippen LogP contribution < -0.4 is 5.73 Å². The predicted octanol–water partition coefficient (Wildman–Crippen LogP) is 2.39. The van der Waals surface area contributed by atoms with E-state index in [1.54, 1.807) is 0 Å². The minimum atomic E-state index is -1.41. The van der Waals surface area contributed by atoms with E-state index < -0.39 is 28.7 Å². The van der Waals surface area contributed by atoms with Crippen LogP contribution in [0.25, 0.3) is 0 Å². The van der Waals surface area contributed by atoms with Gasteiger partial charge in [0.25, 0.3) is 0 Å². The predicted molar refractivity (Wildman–Crippen MR) is 57.7 cm³/mol. The molecule has 0 atom stereocenters. The fourth-order valence-corrected chi connectivity index (χ4v) is 2.37. The maximum atomic E-state index is 13.7. The average Bonchev–Trinajstić information content (AvgIpc) is 2.65. The lowest BCUT2D eigenvalue weighted by molar-refractivity contribution is 0.0691. The maximum Gasteiger partial charge on any atom is 0.338 e. The van der Waals surface area contributed by atoms with Crippen LogP contribution in [-0.2, 0) is 5.54 Å². The molecule has 3 N–H and O–H groups in total. The second-order valence-electron chi connectivity index (χ2n) is 4.48. The molecular weight excluding hydrogens is 228 g/mol. The van der Waals surface area contributed by atoms with Crippen molar-refractivity contribution >= 4 is 5.97 Å². The van der Waals surface area contributed by atoms with E-state index >= 15 is 0 Å². The van der Waals surface area contributed by atoms with Gasteiger partial charge in [-0.05, 0) is 18.9 Å². The third-order valence-corrected chi connectivity index (χ3v) is 3.32. The van der Waals surface area contributed by atoms with Gasteiger partial charge in [0.05, 0.1) is 5.56 Å². The monoisotopic (exact) mass is 241 g/mol. The molecule has 1 aromatic rings. The molecule has 1 aromatic carbocycles. The van der Waals surface area contributed by atoms with E-state index in [-0.39, 0.29) is 5.56 Å². The molecule has 3 nitrogen and oxygen atoms in total. The second-order valence-corrected chi connectivity index (χ2v) is 4.48. The third kappa shape index (κ3) is 2.02. The van der Waals surface area contributed by atoms with E-state index in [9.17, 15) is 13.6 Å². The van der Waals surface area contributed by atoms with Gasteiger partial charge in [-0.1, -0.05) is 12.8 Å². The smallest absolute Gasteiger partial charge is 0.338 e. The fraction of sp³-hybridized carbons (Fsp3) is 0.417. The Morgan fingerprint density at radius 1 is 1.24 bits per heavy atom. The Hall–Kier alpha value is -1.49. The van der Waals surface area contributed by atoms with Gasteiger partial charge in [0.2, 0.25) is 0 Å². The zero-order valence-electron chi connectivity index (χ0n) is 9.17. The van der Waals surface area contributed by atoms with Crippen LogP contribution in [-0.4, -0.2) is 11.1 Å². The molecule has 1 fully saturated rings. The Morgan fingerprint density at radius 3 is 2.35 bits per heavy atom. The Morgan fingerprint density at radius 2 is 1.82 bits per heavy atom. The summed E-state index contributed by atoms with van der Waals surface area (Å²) in [5.41, 5.74) is 4.76. The molecule has 1 saturated carbocycles. The van der Waals surface area contributed by atoms with Crippen molar-refractivity contribution in [3.8, 4) is 0 Å². The zero-order chi connectivity index (χ0) is 12.6. The van der Waals surface area contributed by atoms with Gasteiger partial charge in [-0.2, -0.15) is 0 Å². The molecule has 0 heterocycles. The molecule has 0 saturated heterocycles. The van der Waals surface area contributed by atoms with Crippen molar-refractivity contribution in [2.45, 2.75) is 31.2 Å². The minimum absolute atomic E-state index is 0.105. The topological polar surface area (TPSA) is 63.3 Å². The van der Waals surface area contributed by atoms with Crippen LogP contribution in [0.5, 0.6) is 0 Å². The average molecular weight is 241 g/mol. The van der Waals surface area contributed by atoms with Crippen LogP contribution in [0.3, 0.4) is 0 Å². The molecule has 1 aliphatic rings. The molecule has 0 radical (unpaired) electrons. The highest BCUT2D eigenvalue weighted by atomic mass is 19.1. The summed E-state index contributed by atoms with van der Waals surface area (Å²) in [6.45, 7) is 0. The number of nitrogens with two attached hydrogens (primary N) is 1. The quantitative estimate of drug-likeness (QED) is 0.835. The molecule has 0 unspecified atom stereocenters. The summed E-state index contributed by atoms with van der Waals surface area (Å²) >= 11 is 0. The molecule has 92 valence electrons. The Labute approximate surface area is 97.2 Å². The molecular formula is C12H13F2NO2. The summed E-state index contributed by atoms with van der Waals surface area (Å²) in [5, 5.41) is 8.80. The third-order valence-electron chi connectivity index (χ3n) is 3.32. The summed E-state index contributed by atoms with van der Waals surface area (Å²) in [6, 6.07) is 1.63. The van der Waals surface area contributed by atoms with Crippen LogP contribution in [0.4, 0.5) is 8.78 Å². The van der Waals surface area contributed by atoms with Crippen molar-refractivity contribution in [3.63, 3.8) is 0 Å². The van der Waals surface area contributed by atoms with E-state index in [0.29, 0.717) is 18.9 Å². The van der Waals surface area contributed by atoms with Crippen LogP contribution in [0.2, 0.25) is 0 Å². The lowest BCUT2D eigenvalue weighted by Gasteiger charge is -2.25. The fourth-order valence-electron chi connectivity index (χ4n) is 2.37. The van der Waals surface area contributed by atoms with Crippen molar-refractivity contribution in [1.82, 2.24) is 0 Å². The highest BCUT2D eigenvalue weighted by molar-refractivity contribution is 5.88. The number of carboxylic acid groups (broad SMARTS) is 1. The Balaban J connectivity index is 2.54. The lowest BCUT2D eigenvalue weighted by atomic mass is 9.88. The van der Waals surface area contributed by atoms with E-state index in [4.69, 9.17) is 10.8 Å². The summed E-state index contributed by atoms with van der Waals surface area (Å²) in [7, 11) is 0. The Bertz CT molecular complexity index is 468. The zero-order valence-corrected chi connectivity index (χ0v) is 9.17. The first-order valence-electron chi connectivity index (χ1n) is 5.46. The van der Waals surface area contributed by atoms with Crippen LogP contribution >= 0.6 is 0 Å². The summed E-state index contributed by atoms with van der Waals surface area (Å²) < 4.78 is 26.9. The maximum absolute atomic E-state index is 13.7. The molecule has 0 amide bonds. The lowest BCUT2D eigenvalue weighted by Crippen LogP contribution is -2.34. The highest BCUT2D eigenvalue weighted by Gasteiger charge is 2.34. The van der Waals surface area contributed by atoms with Gasteiger partial charge in [0.1, 0.15) is 11.6 Å². The molecule has 0 aromatic heterocycles. The van der Waals surface area contributed by atoms with Gasteiger partial charge in [-0.3, -0.25) is 0 Å². The van der Waals surface area contributed by atoms with Gasteiger partial charge in [0.15, 0.2) is 0 Å². The number of carboxylic acids is 1. The Kier molecular flexibility index (Phi) is 2.87. The van der Waals surface area contributed by atoms with Crippen LogP contribution in [0, 0.1) is 11.6 Å². The van der Waals surface area contributed by atoms with Crippen molar-refractivity contribution in [2.75, 3.05) is 0 Å².